The predicted molar refractivity (Wildman–Crippen MR) is 67.3 cm³/mol. The van der Waals surface area contributed by atoms with Crippen LogP contribution in [0.4, 0.5) is 5.69 Å². The molecule has 18 heavy (non-hydrogen) atoms. The molecule has 0 fully saturated rings. The number of phenols is 1. The number of carbonyl (C=O) groups excluding carboxylic acids is 1. The molecule has 6 heteroatoms. The molecule has 0 saturated heterocycles. The zero-order valence-corrected chi connectivity index (χ0v) is 9.90. The van der Waals surface area contributed by atoms with Gasteiger partial charge in [0, 0.05) is 5.38 Å². The molecule has 0 atom stereocenters. The van der Waals surface area contributed by atoms with Crippen molar-refractivity contribution in [3.05, 3.63) is 46.2 Å². The van der Waals surface area contributed by atoms with Crippen LogP contribution in [0.3, 0.4) is 0 Å². The van der Waals surface area contributed by atoms with Crippen molar-refractivity contribution < 1.29 is 19.8 Å². The van der Waals surface area contributed by atoms with Crippen LogP contribution in [-0.2, 0) is 0 Å². The van der Waals surface area contributed by atoms with Crippen LogP contribution < -0.4 is 5.32 Å². The third kappa shape index (κ3) is 2.49. The van der Waals surface area contributed by atoms with E-state index in [1.54, 1.807) is 16.8 Å². The summed E-state index contributed by atoms with van der Waals surface area (Å²) < 4.78 is 0. The van der Waals surface area contributed by atoms with E-state index in [4.69, 9.17) is 5.11 Å². The van der Waals surface area contributed by atoms with Crippen LogP contribution in [0.25, 0.3) is 0 Å². The van der Waals surface area contributed by atoms with Gasteiger partial charge in [-0.05, 0) is 29.6 Å². The van der Waals surface area contributed by atoms with Crippen LogP contribution in [-0.4, -0.2) is 22.1 Å². The van der Waals surface area contributed by atoms with E-state index in [-0.39, 0.29) is 22.9 Å². The minimum absolute atomic E-state index is 0.150. The molecule has 0 aliphatic rings. The monoisotopic (exact) mass is 263 g/mol. The summed E-state index contributed by atoms with van der Waals surface area (Å²) in [5.74, 6) is -1.77. The zero-order valence-electron chi connectivity index (χ0n) is 9.08. The van der Waals surface area contributed by atoms with Crippen LogP contribution >= 0.6 is 11.3 Å². The number of nitrogens with one attached hydrogen (secondary N) is 1. The minimum Gasteiger partial charge on any atom is -0.508 e. The maximum Gasteiger partial charge on any atom is 0.337 e. The highest BCUT2D eigenvalue weighted by Crippen LogP contribution is 2.22. The van der Waals surface area contributed by atoms with Crippen molar-refractivity contribution in [2.75, 3.05) is 5.32 Å². The summed E-state index contributed by atoms with van der Waals surface area (Å²) in [6, 6.07) is 5.39. The molecule has 2 rings (SSSR count). The van der Waals surface area contributed by atoms with Crippen LogP contribution in [0, 0.1) is 0 Å². The second-order valence-electron chi connectivity index (χ2n) is 3.50. The number of carbonyl (C=O) groups is 2. The van der Waals surface area contributed by atoms with Crippen LogP contribution in [0.2, 0.25) is 0 Å². The van der Waals surface area contributed by atoms with Gasteiger partial charge < -0.3 is 15.5 Å². The van der Waals surface area contributed by atoms with E-state index >= 15 is 0 Å². The third-order valence-electron chi connectivity index (χ3n) is 2.27. The summed E-state index contributed by atoms with van der Waals surface area (Å²) in [5.41, 5.74) is 0.458. The molecule has 1 amide bonds. The first-order chi connectivity index (χ1) is 8.58. The molecular weight excluding hydrogens is 254 g/mol. The normalized spacial score (nSPS) is 10.0. The van der Waals surface area contributed by atoms with Gasteiger partial charge in [0.15, 0.2) is 0 Å². The fourth-order valence-corrected chi connectivity index (χ4v) is 2.04. The molecule has 1 aromatic carbocycles. The standard InChI is InChI=1S/C12H9NO4S/c14-8-1-2-10(9(5-8)12(16)17)13-11(15)7-3-4-18-6-7/h1-6,14H,(H,13,15)(H,16,17). The Kier molecular flexibility index (Phi) is 3.29. The Labute approximate surface area is 106 Å². The average molecular weight is 263 g/mol. The van der Waals surface area contributed by atoms with E-state index < -0.39 is 5.97 Å². The molecule has 0 unspecified atom stereocenters. The van der Waals surface area contributed by atoms with Gasteiger partial charge in [-0.25, -0.2) is 4.79 Å². The molecule has 0 aliphatic carbocycles. The number of amides is 1. The molecule has 2 aromatic rings. The Hall–Kier alpha value is -2.34. The van der Waals surface area contributed by atoms with Gasteiger partial charge in [-0.2, -0.15) is 11.3 Å². The fraction of sp³-hybridized carbons (Fsp3) is 0. The molecule has 0 radical (unpaired) electrons. The first-order valence-electron chi connectivity index (χ1n) is 4.98. The lowest BCUT2D eigenvalue weighted by Gasteiger charge is -2.07. The molecule has 3 N–H and O–H groups in total. The van der Waals surface area contributed by atoms with E-state index in [2.05, 4.69) is 5.32 Å². The number of rotatable bonds is 3. The van der Waals surface area contributed by atoms with Crippen molar-refractivity contribution in [1.29, 1.82) is 0 Å². The molecule has 0 spiro atoms. The lowest BCUT2D eigenvalue weighted by Crippen LogP contribution is -2.14. The van der Waals surface area contributed by atoms with E-state index in [1.807, 2.05) is 0 Å². The third-order valence-corrected chi connectivity index (χ3v) is 2.95. The summed E-state index contributed by atoms with van der Waals surface area (Å²) >= 11 is 1.37. The summed E-state index contributed by atoms with van der Waals surface area (Å²) in [6.07, 6.45) is 0. The molecule has 1 aromatic heterocycles. The molecule has 0 aliphatic heterocycles. The SMILES string of the molecule is O=C(Nc1ccc(O)cc1C(=O)O)c1ccsc1. The van der Waals surface area contributed by atoms with Crippen molar-refractivity contribution in [3.8, 4) is 5.75 Å². The first-order valence-corrected chi connectivity index (χ1v) is 5.92. The Bertz CT molecular complexity index is 592. The Morgan fingerprint density at radius 2 is 2.00 bits per heavy atom. The Balaban J connectivity index is 2.29. The smallest absolute Gasteiger partial charge is 0.337 e. The van der Waals surface area contributed by atoms with Crippen LogP contribution in [0.1, 0.15) is 20.7 Å². The molecule has 0 bridgehead atoms. The topological polar surface area (TPSA) is 86.6 Å². The van der Waals surface area contributed by atoms with Gasteiger partial charge in [-0.3, -0.25) is 4.79 Å². The largest absolute Gasteiger partial charge is 0.508 e. The van der Waals surface area contributed by atoms with Gasteiger partial charge in [0.2, 0.25) is 0 Å². The lowest BCUT2D eigenvalue weighted by molar-refractivity contribution is 0.0697. The summed E-state index contributed by atoms with van der Waals surface area (Å²) in [7, 11) is 0. The number of aromatic hydroxyl groups is 1. The number of carboxylic acids is 1. The lowest BCUT2D eigenvalue weighted by atomic mass is 10.1. The minimum atomic E-state index is -1.22. The van der Waals surface area contributed by atoms with Crippen molar-refractivity contribution in [2.45, 2.75) is 0 Å². The number of benzene rings is 1. The average Bonchev–Trinajstić information content (AvgIpc) is 2.84. The van der Waals surface area contributed by atoms with Crippen LogP contribution in [0.5, 0.6) is 5.75 Å². The van der Waals surface area contributed by atoms with Crippen LogP contribution in [0.15, 0.2) is 35.0 Å². The highest BCUT2D eigenvalue weighted by molar-refractivity contribution is 7.08. The van der Waals surface area contributed by atoms with Gasteiger partial charge in [-0.1, -0.05) is 0 Å². The number of hydrogen-bond donors (Lipinski definition) is 3. The molecule has 0 saturated carbocycles. The van der Waals surface area contributed by atoms with Gasteiger partial charge >= 0.3 is 5.97 Å². The van der Waals surface area contributed by atoms with Crippen molar-refractivity contribution in [1.82, 2.24) is 0 Å². The number of phenolic OH excluding ortho intramolecular Hbond substituents is 1. The molecule has 92 valence electrons. The van der Waals surface area contributed by atoms with E-state index in [1.165, 1.54) is 23.5 Å². The Morgan fingerprint density at radius 3 is 2.61 bits per heavy atom. The summed E-state index contributed by atoms with van der Waals surface area (Å²) in [4.78, 5) is 22.8. The second kappa shape index (κ2) is 4.89. The maximum absolute atomic E-state index is 11.8. The number of hydrogen-bond acceptors (Lipinski definition) is 4. The number of thiophene rings is 1. The highest BCUT2D eigenvalue weighted by atomic mass is 32.1. The quantitative estimate of drug-likeness (QED) is 0.742. The maximum atomic E-state index is 11.8. The van der Waals surface area contributed by atoms with Gasteiger partial charge in [0.05, 0.1) is 16.8 Å². The number of carboxylic acid groups (broad SMARTS) is 1. The Morgan fingerprint density at radius 1 is 1.22 bits per heavy atom. The fourth-order valence-electron chi connectivity index (χ4n) is 1.41. The van der Waals surface area contributed by atoms with Crippen molar-refractivity contribution in [3.63, 3.8) is 0 Å². The zero-order chi connectivity index (χ0) is 13.1. The summed E-state index contributed by atoms with van der Waals surface area (Å²) in [6.45, 7) is 0. The number of anilines is 1. The molecule has 1 heterocycles. The van der Waals surface area contributed by atoms with Gasteiger partial charge in [0.25, 0.3) is 5.91 Å². The van der Waals surface area contributed by atoms with Crippen molar-refractivity contribution >= 4 is 28.9 Å². The summed E-state index contributed by atoms with van der Waals surface area (Å²) in [5, 5.41) is 24.1. The first kappa shape index (κ1) is 12.1. The van der Waals surface area contributed by atoms with Gasteiger partial charge in [0.1, 0.15) is 5.75 Å². The van der Waals surface area contributed by atoms with E-state index in [0.29, 0.717) is 5.56 Å². The van der Waals surface area contributed by atoms with Crippen molar-refractivity contribution in [2.24, 2.45) is 0 Å². The molecule has 5 nitrogen and oxygen atoms in total. The second-order valence-corrected chi connectivity index (χ2v) is 4.28. The number of aromatic carboxylic acids is 1. The molecular formula is C12H9NO4S. The van der Waals surface area contributed by atoms with E-state index in [9.17, 15) is 14.7 Å². The van der Waals surface area contributed by atoms with Gasteiger partial charge in [-0.15, -0.1) is 0 Å². The predicted octanol–water partition coefficient (Wildman–Crippen LogP) is 2.40. The highest BCUT2D eigenvalue weighted by Gasteiger charge is 2.14. The van der Waals surface area contributed by atoms with E-state index in [0.717, 1.165) is 6.07 Å².